The molecule has 4 aromatic rings. The van der Waals surface area contributed by atoms with Crippen molar-refractivity contribution in [2.75, 3.05) is 26.2 Å². The lowest BCUT2D eigenvalue weighted by atomic mass is 10.1. The molecule has 0 bridgehead atoms. The van der Waals surface area contributed by atoms with Crippen molar-refractivity contribution in [1.82, 2.24) is 14.2 Å². The van der Waals surface area contributed by atoms with E-state index in [0.717, 1.165) is 15.6 Å². The molecule has 0 N–H and O–H groups in total. The van der Waals surface area contributed by atoms with Gasteiger partial charge in [-0.05, 0) is 42.0 Å². The van der Waals surface area contributed by atoms with E-state index in [1.165, 1.54) is 15.6 Å². The highest BCUT2D eigenvalue weighted by atomic mass is 32.2. The zero-order chi connectivity index (χ0) is 22.3. The van der Waals surface area contributed by atoms with E-state index in [1.54, 1.807) is 29.4 Å². The number of hydrogen-bond donors (Lipinski definition) is 0. The standard InChI is InChI=1S/C23H21N3O4S2/c1-16-21(24-22(31-16)20-7-4-14-30-20)23(27)25-10-12-26(13-11-25)32(28,29)19-9-8-17-5-2-3-6-18(17)15-19/h2-9,14-15H,10-13H2,1H3. The number of aromatic nitrogens is 1. The summed E-state index contributed by atoms with van der Waals surface area (Å²) in [5.41, 5.74) is 0.396. The van der Waals surface area contributed by atoms with E-state index >= 15 is 0 Å². The van der Waals surface area contributed by atoms with Crippen molar-refractivity contribution >= 4 is 38.0 Å². The summed E-state index contributed by atoms with van der Waals surface area (Å²) >= 11 is 1.41. The number of hydrogen-bond acceptors (Lipinski definition) is 6. The number of aryl methyl sites for hydroxylation is 1. The van der Waals surface area contributed by atoms with Crippen LogP contribution in [-0.4, -0.2) is 54.7 Å². The first-order valence-electron chi connectivity index (χ1n) is 10.2. The van der Waals surface area contributed by atoms with Gasteiger partial charge in [0.05, 0.1) is 11.2 Å². The van der Waals surface area contributed by atoms with Crippen molar-refractivity contribution in [3.8, 4) is 10.8 Å². The average molecular weight is 468 g/mol. The van der Waals surface area contributed by atoms with E-state index < -0.39 is 10.0 Å². The SMILES string of the molecule is Cc1sc(-c2ccco2)nc1C(=O)N1CCN(S(=O)(=O)c2ccc3ccccc3c2)CC1. The van der Waals surface area contributed by atoms with E-state index in [2.05, 4.69) is 4.98 Å². The quantitative estimate of drug-likeness (QED) is 0.453. The van der Waals surface area contributed by atoms with Crippen LogP contribution in [-0.2, 0) is 10.0 Å². The number of piperazine rings is 1. The normalized spacial score (nSPS) is 15.3. The van der Waals surface area contributed by atoms with Gasteiger partial charge in [-0.3, -0.25) is 4.79 Å². The summed E-state index contributed by atoms with van der Waals surface area (Å²) in [5, 5.41) is 2.54. The fourth-order valence-corrected chi connectivity index (χ4v) is 6.19. The topological polar surface area (TPSA) is 83.7 Å². The zero-order valence-electron chi connectivity index (χ0n) is 17.4. The van der Waals surface area contributed by atoms with Gasteiger partial charge in [-0.15, -0.1) is 11.3 Å². The van der Waals surface area contributed by atoms with Crippen molar-refractivity contribution in [3.05, 3.63) is 71.4 Å². The Morgan fingerprint density at radius 2 is 1.75 bits per heavy atom. The highest BCUT2D eigenvalue weighted by Crippen LogP contribution is 2.29. The van der Waals surface area contributed by atoms with Crippen LogP contribution in [0.5, 0.6) is 0 Å². The maximum absolute atomic E-state index is 13.2. The van der Waals surface area contributed by atoms with Crippen LogP contribution < -0.4 is 0 Å². The zero-order valence-corrected chi connectivity index (χ0v) is 19.0. The van der Waals surface area contributed by atoms with Crippen molar-refractivity contribution in [2.45, 2.75) is 11.8 Å². The summed E-state index contributed by atoms with van der Waals surface area (Å²) in [6.45, 7) is 2.99. The van der Waals surface area contributed by atoms with Crippen LogP contribution in [0.1, 0.15) is 15.4 Å². The molecule has 1 fully saturated rings. The molecule has 9 heteroatoms. The number of carbonyl (C=O) groups is 1. The number of amides is 1. The monoisotopic (exact) mass is 467 g/mol. The Labute approximate surface area is 190 Å². The fraction of sp³-hybridized carbons (Fsp3) is 0.217. The number of rotatable bonds is 4. The van der Waals surface area contributed by atoms with E-state index in [9.17, 15) is 13.2 Å². The average Bonchev–Trinajstić information content (AvgIpc) is 3.48. The molecule has 2 aromatic heterocycles. The molecule has 0 aliphatic carbocycles. The highest BCUT2D eigenvalue weighted by Gasteiger charge is 2.32. The van der Waals surface area contributed by atoms with Gasteiger partial charge in [0.25, 0.3) is 5.91 Å². The molecule has 0 atom stereocenters. The second-order valence-electron chi connectivity index (χ2n) is 7.61. The number of fused-ring (bicyclic) bond motifs is 1. The van der Waals surface area contributed by atoms with Gasteiger partial charge in [0, 0.05) is 31.1 Å². The molecule has 1 aliphatic heterocycles. The Balaban J connectivity index is 1.30. The first-order valence-corrected chi connectivity index (χ1v) is 12.5. The maximum Gasteiger partial charge on any atom is 0.273 e. The summed E-state index contributed by atoms with van der Waals surface area (Å²) in [6.07, 6.45) is 1.57. The lowest BCUT2D eigenvalue weighted by Gasteiger charge is -2.33. The van der Waals surface area contributed by atoms with Gasteiger partial charge in [-0.1, -0.05) is 30.3 Å². The summed E-state index contributed by atoms with van der Waals surface area (Å²) in [5.74, 6) is 0.447. The van der Waals surface area contributed by atoms with Crippen molar-refractivity contribution in [1.29, 1.82) is 0 Å². The largest absolute Gasteiger partial charge is 0.462 e. The molecule has 0 spiro atoms. The molecule has 3 heterocycles. The fourth-order valence-electron chi connectivity index (χ4n) is 3.86. The summed E-state index contributed by atoms with van der Waals surface area (Å²) < 4.78 is 33.2. The molecular weight excluding hydrogens is 446 g/mol. The minimum absolute atomic E-state index is 0.181. The molecule has 0 saturated carbocycles. The van der Waals surface area contributed by atoms with Crippen LogP contribution in [0.25, 0.3) is 21.5 Å². The molecule has 5 rings (SSSR count). The molecular formula is C23H21N3O4S2. The van der Waals surface area contributed by atoms with Crippen LogP contribution in [0, 0.1) is 6.92 Å². The summed E-state index contributed by atoms with van der Waals surface area (Å²) in [7, 11) is -3.63. The van der Waals surface area contributed by atoms with Gasteiger partial charge in [0.2, 0.25) is 10.0 Å². The lowest BCUT2D eigenvalue weighted by Crippen LogP contribution is -2.50. The number of carbonyl (C=O) groups excluding carboxylic acids is 1. The van der Waals surface area contributed by atoms with E-state index in [1.807, 2.05) is 43.3 Å². The van der Waals surface area contributed by atoms with Gasteiger partial charge < -0.3 is 9.32 Å². The van der Waals surface area contributed by atoms with Gasteiger partial charge in [-0.25, -0.2) is 13.4 Å². The third-order valence-electron chi connectivity index (χ3n) is 5.62. The summed E-state index contributed by atoms with van der Waals surface area (Å²) in [6, 6.07) is 16.4. The van der Waals surface area contributed by atoms with Crippen molar-refractivity contribution in [2.24, 2.45) is 0 Å². The summed E-state index contributed by atoms with van der Waals surface area (Å²) in [4.78, 5) is 20.3. The van der Waals surface area contributed by atoms with Crippen LogP contribution in [0.4, 0.5) is 0 Å². The molecule has 0 unspecified atom stereocenters. The van der Waals surface area contributed by atoms with Crippen LogP contribution in [0.15, 0.2) is 70.2 Å². The van der Waals surface area contributed by atoms with Gasteiger partial charge in [0.1, 0.15) is 5.69 Å². The van der Waals surface area contributed by atoms with Crippen molar-refractivity contribution < 1.29 is 17.6 Å². The van der Waals surface area contributed by atoms with Gasteiger partial charge >= 0.3 is 0 Å². The number of thiazole rings is 1. The third-order valence-corrected chi connectivity index (χ3v) is 8.50. The maximum atomic E-state index is 13.2. The Morgan fingerprint density at radius 1 is 1.00 bits per heavy atom. The Hall–Kier alpha value is -3.01. The van der Waals surface area contributed by atoms with E-state index in [-0.39, 0.29) is 23.9 Å². The third kappa shape index (κ3) is 3.72. The predicted octanol–water partition coefficient (Wildman–Crippen LogP) is 4.01. The molecule has 1 amide bonds. The lowest BCUT2D eigenvalue weighted by molar-refractivity contribution is 0.0692. The molecule has 1 saturated heterocycles. The smallest absolute Gasteiger partial charge is 0.273 e. The Kier molecular flexibility index (Phi) is 5.32. The minimum Gasteiger partial charge on any atom is -0.462 e. The first kappa shape index (κ1) is 20.9. The molecule has 32 heavy (non-hydrogen) atoms. The highest BCUT2D eigenvalue weighted by molar-refractivity contribution is 7.89. The minimum atomic E-state index is -3.63. The van der Waals surface area contributed by atoms with Crippen LogP contribution in [0.2, 0.25) is 0 Å². The molecule has 2 aromatic carbocycles. The number of benzene rings is 2. The Morgan fingerprint density at radius 3 is 2.47 bits per heavy atom. The molecule has 0 radical (unpaired) electrons. The van der Waals surface area contributed by atoms with E-state index in [0.29, 0.717) is 29.6 Å². The number of nitrogens with zero attached hydrogens (tertiary/aromatic N) is 3. The van der Waals surface area contributed by atoms with Crippen molar-refractivity contribution in [3.63, 3.8) is 0 Å². The van der Waals surface area contributed by atoms with Crippen LogP contribution >= 0.6 is 11.3 Å². The number of sulfonamides is 1. The van der Waals surface area contributed by atoms with E-state index in [4.69, 9.17) is 4.42 Å². The molecule has 1 aliphatic rings. The second kappa shape index (κ2) is 8.16. The number of furan rings is 1. The second-order valence-corrected chi connectivity index (χ2v) is 10.7. The van der Waals surface area contributed by atoms with Crippen LogP contribution in [0.3, 0.4) is 0 Å². The first-order chi connectivity index (χ1) is 15.4. The molecule has 164 valence electrons. The Bertz CT molecular complexity index is 1390. The van der Waals surface area contributed by atoms with Gasteiger partial charge in [0.15, 0.2) is 10.8 Å². The molecule has 7 nitrogen and oxygen atoms in total. The van der Waals surface area contributed by atoms with Gasteiger partial charge in [-0.2, -0.15) is 4.31 Å². The predicted molar refractivity (Wildman–Crippen MR) is 123 cm³/mol.